The molecule has 2 aromatic rings. The van der Waals surface area contributed by atoms with Gasteiger partial charge in [0.2, 0.25) is 5.91 Å². The first-order valence-electron chi connectivity index (χ1n) is 9.42. The number of hydrogen-bond acceptors (Lipinski definition) is 5. The van der Waals surface area contributed by atoms with Gasteiger partial charge in [-0.05, 0) is 24.1 Å². The van der Waals surface area contributed by atoms with Crippen molar-refractivity contribution < 1.29 is 19.1 Å². The Bertz CT molecular complexity index is 966. The normalized spacial score (nSPS) is 16.2. The number of halogens is 1. The van der Waals surface area contributed by atoms with E-state index in [2.05, 4.69) is 5.32 Å². The number of nitrogens with zero attached hydrogens (tertiary/aromatic N) is 1. The molecule has 1 atom stereocenters. The maximum absolute atomic E-state index is 13.8. The highest BCUT2D eigenvalue weighted by Crippen LogP contribution is 2.32. The molecule has 156 valence electrons. The van der Waals surface area contributed by atoms with Gasteiger partial charge in [0.1, 0.15) is 10.1 Å². The lowest BCUT2D eigenvalue weighted by Gasteiger charge is -2.18. The first-order chi connectivity index (χ1) is 14.5. The van der Waals surface area contributed by atoms with Crippen molar-refractivity contribution in [2.75, 3.05) is 13.2 Å². The maximum Gasteiger partial charge on any atom is 0.266 e. The van der Waals surface area contributed by atoms with Crippen LogP contribution in [0, 0.1) is 5.82 Å². The summed E-state index contributed by atoms with van der Waals surface area (Å²) in [4.78, 5) is 26.6. The van der Waals surface area contributed by atoms with Gasteiger partial charge in [0.05, 0.1) is 17.6 Å². The van der Waals surface area contributed by atoms with Crippen LogP contribution in [0.25, 0.3) is 6.08 Å². The van der Waals surface area contributed by atoms with E-state index in [0.29, 0.717) is 21.2 Å². The van der Waals surface area contributed by atoms with E-state index >= 15 is 0 Å². The van der Waals surface area contributed by atoms with Gasteiger partial charge in [-0.1, -0.05) is 72.5 Å². The Morgan fingerprint density at radius 2 is 1.90 bits per heavy atom. The summed E-state index contributed by atoms with van der Waals surface area (Å²) in [5, 5.41) is 12.3. The highest BCUT2D eigenvalue weighted by atomic mass is 32.2. The van der Waals surface area contributed by atoms with E-state index < -0.39 is 11.9 Å². The summed E-state index contributed by atoms with van der Waals surface area (Å²) in [6.45, 7) is -0.0678. The molecule has 0 aliphatic carbocycles. The fourth-order valence-electron chi connectivity index (χ4n) is 3.00. The Labute approximate surface area is 184 Å². The zero-order valence-electron chi connectivity index (χ0n) is 16.1. The van der Waals surface area contributed by atoms with Crippen molar-refractivity contribution in [2.45, 2.75) is 18.9 Å². The zero-order chi connectivity index (χ0) is 21.5. The Morgan fingerprint density at radius 3 is 2.60 bits per heavy atom. The first kappa shape index (κ1) is 22.1. The lowest BCUT2D eigenvalue weighted by Crippen LogP contribution is -2.41. The molecule has 1 aliphatic rings. The van der Waals surface area contributed by atoms with Crippen molar-refractivity contribution in [3.63, 3.8) is 0 Å². The highest BCUT2D eigenvalue weighted by molar-refractivity contribution is 8.26. The van der Waals surface area contributed by atoms with E-state index in [9.17, 15) is 19.1 Å². The number of aliphatic hydroxyl groups is 1. The molecular formula is C22H21FN2O3S2. The third kappa shape index (κ3) is 5.75. The first-order valence-corrected chi connectivity index (χ1v) is 10.6. The third-order valence-electron chi connectivity index (χ3n) is 4.54. The number of thiocarbonyl (C=S) groups is 1. The molecule has 0 saturated carbocycles. The number of nitrogens with one attached hydrogen (secondary N) is 1. The van der Waals surface area contributed by atoms with Gasteiger partial charge in [-0.25, -0.2) is 4.39 Å². The van der Waals surface area contributed by atoms with Gasteiger partial charge in [0.25, 0.3) is 5.91 Å². The summed E-state index contributed by atoms with van der Waals surface area (Å²) in [5.41, 5.74) is 1.31. The molecular weight excluding hydrogens is 423 g/mol. The summed E-state index contributed by atoms with van der Waals surface area (Å²) < 4.78 is 14.2. The number of benzene rings is 2. The fourth-order valence-corrected chi connectivity index (χ4v) is 4.30. The van der Waals surface area contributed by atoms with Crippen LogP contribution in [0.3, 0.4) is 0 Å². The zero-order valence-corrected chi connectivity index (χ0v) is 17.7. The minimum Gasteiger partial charge on any atom is -0.394 e. The molecule has 2 amide bonds. The number of hydrogen-bond donors (Lipinski definition) is 2. The molecule has 0 unspecified atom stereocenters. The van der Waals surface area contributed by atoms with E-state index in [0.717, 1.165) is 17.3 Å². The average molecular weight is 445 g/mol. The molecule has 1 aliphatic heterocycles. The van der Waals surface area contributed by atoms with E-state index in [-0.39, 0.29) is 31.4 Å². The second-order valence-corrected chi connectivity index (χ2v) is 8.42. The molecule has 8 heteroatoms. The third-order valence-corrected chi connectivity index (χ3v) is 5.92. The van der Waals surface area contributed by atoms with Crippen molar-refractivity contribution in [2.24, 2.45) is 0 Å². The van der Waals surface area contributed by atoms with Gasteiger partial charge in [0.15, 0.2) is 0 Å². The molecule has 1 fully saturated rings. The van der Waals surface area contributed by atoms with Gasteiger partial charge in [0, 0.05) is 18.5 Å². The molecule has 2 N–H and O–H groups in total. The minimum atomic E-state index is -0.421. The minimum absolute atomic E-state index is 0.0463. The van der Waals surface area contributed by atoms with Gasteiger partial charge in [-0.3, -0.25) is 14.5 Å². The molecule has 30 heavy (non-hydrogen) atoms. The van der Waals surface area contributed by atoms with Crippen LogP contribution in [-0.4, -0.2) is 45.3 Å². The van der Waals surface area contributed by atoms with Crippen LogP contribution < -0.4 is 5.32 Å². The monoisotopic (exact) mass is 444 g/mol. The molecule has 0 spiro atoms. The van der Waals surface area contributed by atoms with Crippen molar-refractivity contribution in [3.8, 4) is 0 Å². The lowest BCUT2D eigenvalue weighted by molar-refractivity contribution is -0.124. The summed E-state index contributed by atoms with van der Waals surface area (Å²) >= 11 is 6.34. The van der Waals surface area contributed by atoms with Crippen LogP contribution in [0.5, 0.6) is 0 Å². The number of amides is 2. The largest absolute Gasteiger partial charge is 0.394 e. The summed E-state index contributed by atoms with van der Waals surface area (Å²) in [7, 11) is 0. The predicted molar refractivity (Wildman–Crippen MR) is 120 cm³/mol. The number of rotatable bonds is 8. The SMILES string of the molecule is O=C(CCN1C(=O)C(=Cc2ccccc2F)SC1=S)N[C@@H](CO)Cc1ccccc1. The van der Waals surface area contributed by atoms with Crippen molar-refractivity contribution >= 4 is 46.2 Å². The molecule has 5 nitrogen and oxygen atoms in total. The highest BCUT2D eigenvalue weighted by Gasteiger charge is 2.32. The Morgan fingerprint density at radius 1 is 1.20 bits per heavy atom. The second-order valence-electron chi connectivity index (χ2n) is 6.74. The molecule has 2 aromatic carbocycles. The standard InChI is InChI=1S/C22H21FN2O3S2/c23-18-9-5-4-8-16(18)13-19-21(28)25(22(29)30-19)11-10-20(27)24-17(14-26)12-15-6-2-1-3-7-15/h1-9,13,17,26H,10-12,14H2,(H,24,27)/t17-/m1/s1. The van der Waals surface area contributed by atoms with Gasteiger partial charge < -0.3 is 10.4 Å². The van der Waals surface area contributed by atoms with Crippen LogP contribution in [0.4, 0.5) is 4.39 Å². The van der Waals surface area contributed by atoms with Gasteiger partial charge in [-0.15, -0.1) is 0 Å². The summed E-state index contributed by atoms with van der Waals surface area (Å²) in [6, 6.07) is 15.3. The smallest absolute Gasteiger partial charge is 0.266 e. The summed E-state index contributed by atoms with van der Waals surface area (Å²) in [6.07, 6.45) is 2.02. The molecule has 0 aromatic heterocycles. The molecule has 0 radical (unpaired) electrons. The molecule has 0 bridgehead atoms. The summed E-state index contributed by atoms with van der Waals surface area (Å²) in [5.74, 6) is -1.04. The number of thioether (sulfide) groups is 1. The van der Waals surface area contributed by atoms with E-state index in [1.54, 1.807) is 18.2 Å². The topological polar surface area (TPSA) is 69.6 Å². The maximum atomic E-state index is 13.8. The molecule has 1 saturated heterocycles. The van der Waals surface area contributed by atoms with E-state index in [1.165, 1.54) is 17.0 Å². The van der Waals surface area contributed by atoms with Crippen LogP contribution in [0.15, 0.2) is 59.5 Å². The number of carbonyl (C=O) groups is 2. The fraction of sp³-hybridized carbons (Fsp3) is 0.227. The predicted octanol–water partition coefficient (Wildman–Crippen LogP) is 3.14. The van der Waals surface area contributed by atoms with Crippen molar-refractivity contribution in [1.82, 2.24) is 10.2 Å². The Balaban J connectivity index is 1.56. The lowest BCUT2D eigenvalue weighted by atomic mass is 10.1. The number of carbonyl (C=O) groups excluding carboxylic acids is 2. The quantitative estimate of drug-likeness (QED) is 0.484. The number of aliphatic hydroxyl groups excluding tert-OH is 1. The molecule has 1 heterocycles. The average Bonchev–Trinajstić information content (AvgIpc) is 3.01. The van der Waals surface area contributed by atoms with Crippen LogP contribution >= 0.6 is 24.0 Å². The van der Waals surface area contributed by atoms with E-state index in [4.69, 9.17) is 12.2 Å². The van der Waals surface area contributed by atoms with Crippen molar-refractivity contribution in [1.29, 1.82) is 0 Å². The van der Waals surface area contributed by atoms with Crippen molar-refractivity contribution in [3.05, 3.63) is 76.4 Å². The molecule has 3 rings (SSSR count). The van der Waals surface area contributed by atoms with Crippen LogP contribution in [0.1, 0.15) is 17.5 Å². The van der Waals surface area contributed by atoms with Crippen LogP contribution in [0.2, 0.25) is 0 Å². The Hall–Kier alpha value is -2.55. The van der Waals surface area contributed by atoms with Gasteiger partial charge >= 0.3 is 0 Å². The Kier molecular flexibility index (Phi) is 7.73. The second kappa shape index (κ2) is 10.5. The van der Waals surface area contributed by atoms with E-state index in [1.807, 2.05) is 30.3 Å². The van der Waals surface area contributed by atoms with Gasteiger partial charge in [-0.2, -0.15) is 0 Å². The van der Waals surface area contributed by atoms with Crippen LogP contribution in [-0.2, 0) is 16.0 Å².